The molecule has 0 radical (unpaired) electrons. The van der Waals surface area contributed by atoms with Crippen molar-refractivity contribution in [2.24, 2.45) is 0 Å². The van der Waals surface area contributed by atoms with Gasteiger partial charge < -0.3 is 5.32 Å². The predicted molar refractivity (Wildman–Crippen MR) is 93.0 cm³/mol. The van der Waals surface area contributed by atoms with Gasteiger partial charge in [0.2, 0.25) is 0 Å². The van der Waals surface area contributed by atoms with Gasteiger partial charge in [-0.25, -0.2) is 0 Å². The molecule has 1 heterocycles. The Balaban J connectivity index is 1.84. The summed E-state index contributed by atoms with van der Waals surface area (Å²) in [6, 6.07) is 16.9. The van der Waals surface area contributed by atoms with Crippen molar-refractivity contribution in [3.05, 3.63) is 62.9 Å². The minimum absolute atomic E-state index is 0.254. The number of benzene rings is 2. The topological polar surface area (TPSA) is 12.0 Å². The molecule has 0 aliphatic carbocycles. The van der Waals surface area contributed by atoms with E-state index in [9.17, 15) is 0 Å². The molecule has 2 aromatic carbocycles. The van der Waals surface area contributed by atoms with Crippen molar-refractivity contribution in [2.75, 3.05) is 5.32 Å². The molecule has 1 atom stereocenters. The fourth-order valence-corrected chi connectivity index (χ4v) is 3.62. The van der Waals surface area contributed by atoms with Crippen molar-refractivity contribution in [1.29, 1.82) is 0 Å². The molecule has 0 spiro atoms. The molecule has 1 N–H and O–H groups in total. The zero-order valence-electron chi connectivity index (χ0n) is 10.9. The zero-order chi connectivity index (χ0) is 14.1. The fraction of sp³-hybridized carbons (Fsp3) is 0.125. The van der Waals surface area contributed by atoms with Gasteiger partial charge in [0.1, 0.15) is 0 Å². The molecule has 0 saturated heterocycles. The molecule has 0 bridgehead atoms. The number of nitrogens with one attached hydrogen (secondary N) is 1. The Bertz CT molecular complexity index is 720. The Morgan fingerprint density at radius 3 is 2.70 bits per heavy atom. The average Bonchev–Trinajstić information content (AvgIpc) is 2.87. The molecule has 0 saturated carbocycles. The van der Waals surface area contributed by atoms with Crippen LogP contribution < -0.4 is 5.32 Å². The average molecular weight is 367 g/mol. The van der Waals surface area contributed by atoms with Crippen LogP contribution in [0, 0.1) is 0 Å². The Morgan fingerprint density at radius 2 is 1.95 bits per heavy atom. The number of thiophene rings is 1. The van der Waals surface area contributed by atoms with Crippen molar-refractivity contribution in [3.63, 3.8) is 0 Å². The second-order valence-corrected chi connectivity index (χ2v) is 7.06. The molecular formula is C16H13BrClNS. The Hall–Kier alpha value is -1.03. The highest BCUT2D eigenvalue weighted by Gasteiger charge is 2.10. The van der Waals surface area contributed by atoms with Crippen molar-refractivity contribution < 1.29 is 0 Å². The second kappa shape index (κ2) is 5.76. The molecule has 1 aromatic heterocycles. The molecule has 1 nitrogen and oxygen atoms in total. The molecule has 3 aromatic rings. The number of hydrogen-bond donors (Lipinski definition) is 1. The summed E-state index contributed by atoms with van der Waals surface area (Å²) in [4.78, 5) is 1.32. The zero-order valence-corrected chi connectivity index (χ0v) is 14.0. The van der Waals surface area contributed by atoms with E-state index in [-0.39, 0.29) is 6.04 Å². The molecule has 0 aliphatic rings. The van der Waals surface area contributed by atoms with Gasteiger partial charge in [0, 0.05) is 19.7 Å². The van der Waals surface area contributed by atoms with Gasteiger partial charge in [-0.3, -0.25) is 0 Å². The first kappa shape index (κ1) is 13.9. The monoisotopic (exact) mass is 365 g/mol. The van der Waals surface area contributed by atoms with Gasteiger partial charge in [0.05, 0.1) is 11.1 Å². The van der Waals surface area contributed by atoms with E-state index in [2.05, 4.69) is 58.5 Å². The van der Waals surface area contributed by atoms with Gasteiger partial charge in [0.15, 0.2) is 0 Å². The smallest absolute Gasteiger partial charge is 0.0578 e. The van der Waals surface area contributed by atoms with E-state index in [4.69, 9.17) is 11.6 Å². The fourth-order valence-electron chi connectivity index (χ4n) is 2.12. The third-order valence-electron chi connectivity index (χ3n) is 3.17. The SMILES string of the molecule is CC(Nc1ccc(Br)c(Cl)c1)c1cc2ccccc2s1. The van der Waals surface area contributed by atoms with Crippen LogP contribution in [0.25, 0.3) is 10.1 Å². The summed E-state index contributed by atoms with van der Waals surface area (Å²) in [7, 11) is 0. The Labute approximate surface area is 135 Å². The number of hydrogen-bond acceptors (Lipinski definition) is 2. The second-order valence-electron chi connectivity index (χ2n) is 4.68. The van der Waals surface area contributed by atoms with E-state index < -0.39 is 0 Å². The Morgan fingerprint density at radius 1 is 1.15 bits per heavy atom. The molecule has 1 unspecified atom stereocenters. The predicted octanol–water partition coefficient (Wildman–Crippen LogP) is 6.49. The third-order valence-corrected chi connectivity index (χ3v) is 5.71. The van der Waals surface area contributed by atoms with Crippen LogP contribution in [0.3, 0.4) is 0 Å². The lowest BCUT2D eigenvalue weighted by molar-refractivity contribution is 0.909. The van der Waals surface area contributed by atoms with Crippen LogP contribution in [0.2, 0.25) is 5.02 Å². The van der Waals surface area contributed by atoms with E-state index >= 15 is 0 Å². The molecular weight excluding hydrogens is 354 g/mol. The number of anilines is 1. The standard InChI is InChI=1S/C16H13BrClNS/c1-10(19-12-6-7-13(17)14(18)9-12)16-8-11-4-2-3-5-15(11)20-16/h2-10,19H,1H3. The lowest BCUT2D eigenvalue weighted by Crippen LogP contribution is -2.04. The lowest BCUT2D eigenvalue weighted by atomic mass is 10.2. The lowest BCUT2D eigenvalue weighted by Gasteiger charge is -2.14. The summed E-state index contributed by atoms with van der Waals surface area (Å²) in [5.74, 6) is 0. The van der Waals surface area contributed by atoms with E-state index in [0.29, 0.717) is 0 Å². The summed E-state index contributed by atoms with van der Waals surface area (Å²) in [6.07, 6.45) is 0. The molecule has 0 amide bonds. The van der Waals surface area contributed by atoms with Gasteiger partial charge in [0.25, 0.3) is 0 Å². The summed E-state index contributed by atoms with van der Waals surface area (Å²) in [5.41, 5.74) is 1.03. The van der Waals surface area contributed by atoms with Gasteiger partial charge in [-0.1, -0.05) is 29.8 Å². The van der Waals surface area contributed by atoms with Crippen molar-refractivity contribution in [2.45, 2.75) is 13.0 Å². The minimum atomic E-state index is 0.254. The molecule has 4 heteroatoms. The van der Waals surface area contributed by atoms with Crippen LogP contribution >= 0.6 is 38.9 Å². The maximum Gasteiger partial charge on any atom is 0.0578 e. The summed E-state index contributed by atoms with van der Waals surface area (Å²) in [5, 5.41) is 5.51. The first-order chi connectivity index (χ1) is 9.63. The summed E-state index contributed by atoms with van der Waals surface area (Å²) < 4.78 is 2.24. The van der Waals surface area contributed by atoms with Crippen LogP contribution in [-0.2, 0) is 0 Å². The summed E-state index contributed by atoms with van der Waals surface area (Å²) >= 11 is 11.4. The quantitative estimate of drug-likeness (QED) is 0.558. The molecule has 20 heavy (non-hydrogen) atoms. The van der Waals surface area contributed by atoms with Crippen LogP contribution in [-0.4, -0.2) is 0 Å². The maximum absolute atomic E-state index is 6.12. The molecule has 0 fully saturated rings. The van der Waals surface area contributed by atoms with Gasteiger partial charge in [-0.15, -0.1) is 11.3 Å². The number of halogens is 2. The summed E-state index contributed by atoms with van der Waals surface area (Å²) in [6.45, 7) is 2.17. The first-order valence-corrected chi connectivity index (χ1v) is 8.32. The molecule has 102 valence electrons. The first-order valence-electron chi connectivity index (χ1n) is 6.33. The minimum Gasteiger partial charge on any atom is -0.378 e. The van der Waals surface area contributed by atoms with Crippen LogP contribution in [0.4, 0.5) is 5.69 Å². The van der Waals surface area contributed by atoms with Crippen molar-refractivity contribution in [1.82, 2.24) is 0 Å². The van der Waals surface area contributed by atoms with Crippen molar-refractivity contribution >= 4 is 54.6 Å². The number of rotatable bonds is 3. The van der Waals surface area contributed by atoms with Gasteiger partial charge in [-0.2, -0.15) is 0 Å². The van der Waals surface area contributed by atoms with Crippen LogP contribution in [0.15, 0.2) is 53.0 Å². The van der Waals surface area contributed by atoms with Gasteiger partial charge >= 0.3 is 0 Å². The van der Waals surface area contributed by atoms with Gasteiger partial charge in [-0.05, 0) is 58.6 Å². The van der Waals surface area contributed by atoms with E-state index in [1.54, 1.807) is 0 Å². The van der Waals surface area contributed by atoms with E-state index in [0.717, 1.165) is 15.2 Å². The molecule has 3 rings (SSSR count). The number of fused-ring (bicyclic) bond motifs is 1. The highest BCUT2D eigenvalue weighted by Crippen LogP contribution is 2.32. The highest BCUT2D eigenvalue weighted by atomic mass is 79.9. The third kappa shape index (κ3) is 2.85. The van der Waals surface area contributed by atoms with Crippen molar-refractivity contribution in [3.8, 4) is 0 Å². The Kier molecular flexibility index (Phi) is 4.01. The van der Waals surface area contributed by atoms with E-state index in [1.165, 1.54) is 15.0 Å². The highest BCUT2D eigenvalue weighted by molar-refractivity contribution is 9.10. The van der Waals surface area contributed by atoms with Crippen LogP contribution in [0.1, 0.15) is 17.8 Å². The molecule has 0 aliphatic heterocycles. The van der Waals surface area contributed by atoms with Crippen LogP contribution in [0.5, 0.6) is 0 Å². The maximum atomic E-state index is 6.12. The normalized spacial score (nSPS) is 12.6. The largest absolute Gasteiger partial charge is 0.378 e. The van der Waals surface area contributed by atoms with E-state index in [1.807, 2.05) is 29.5 Å².